The minimum atomic E-state index is -0.540. The third-order valence-corrected chi connectivity index (χ3v) is 4.41. The average molecular weight is 357 g/mol. The maximum absolute atomic E-state index is 14.6. The molecule has 0 spiro atoms. The summed E-state index contributed by atoms with van der Waals surface area (Å²) in [4.78, 5) is 11.6. The van der Waals surface area contributed by atoms with Gasteiger partial charge in [0.05, 0.1) is 17.7 Å². The highest BCUT2D eigenvalue weighted by molar-refractivity contribution is 6.02. The average Bonchev–Trinajstić information content (AvgIpc) is 3.11. The Morgan fingerprint density at radius 3 is 2.77 bits per heavy atom. The molecule has 0 amide bonds. The predicted molar refractivity (Wildman–Crippen MR) is 99.0 cm³/mol. The van der Waals surface area contributed by atoms with Crippen LogP contribution in [-0.2, 0) is 4.84 Å². The third kappa shape index (κ3) is 3.74. The van der Waals surface area contributed by atoms with Crippen LogP contribution in [0.15, 0.2) is 46.5 Å². The number of halogens is 2. The lowest BCUT2D eigenvalue weighted by atomic mass is 9.98. The van der Waals surface area contributed by atoms with Crippen LogP contribution in [0.2, 0.25) is 0 Å². The summed E-state index contributed by atoms with van der Waals surface area (Å²) in [6.45, 7) is 4.69. The predicted octanol–water partition coefficient (Wildman–Crippen LogP) is 4.75. The molecule has 0 fully saturated rings. The van der Waals surface area contributed by atoms with Crippen LogP contribution >= 0.6 is 0 Å². The normalized spacial score (nSPS) is 16.7. The van der Waals surface area contributed by atoms with E-state index in [0.717, 1.165) is 12.1 Å². The first-order valence-electron chi connectivity index (χ1n) is 8.51. The number of hydrogen-bond acceptors (Lipinski definition) is 3. The van der Waals surface area contributed by atoms with E-state index in [0.29, 0.717) is 28.9 Å². The summed E-state index contributed by atoms with van der Waals surface area (Å²) in [7, 11) is 1.90. The van der Waals surface area contributed by atoms with Crippen molar-refractivity contribution in [3.8, 4) is 0 Å². The Bertz CT molecular complexity index is 864. The second-order valence-corrected chi connectivity index (χ2v) is 6.29. The molecule has 0 N–H and O–H groups in total. The molecule has 3 rings (SSSR count). The number of rotatable bonds is 5. The van der Waals surface area contributed by atoms with Crippen molar-refractivity contribution in [1.82, 2.24) is 4.90 Å². The summed E-state index contributed by atoms with van der Waals surface area (Å²) in [6.07, 6.45) is 1.45. The van der Waals surface area contributed by atoms with Gasteiger partial charge in [-0.1, -0.05) is 23.4 Å². The van der Waals surface area contributed by atoms with Crippen LogP contribution in [0.4, 0.5) is 14.5 Å². The lowest BCUT2D eigenvalue weighted by Crippen LogP contribution is -2.14. The molecule has 2 aromatic carbocycles. The van der Waals surface area contributed by atoms with Gasteiger partial charge < -0.3 is 9.74 Å². The Kier molecular flexibility index (Phi) is 5.30. The minimum absolute atomic E-state index is 0.318. The second kappa shape index (κ2) is 7.64. The Hall–Kier alpha value is -2.76. The molecule has 0 bridgehead atoms. The van der Waals surface area contributed by atoms with E-state index in [2.05, 4.69) is 10.1 Å². The number of nitrogens with zero attached hydrogens (tertiary/aromatic N) is 3. The zero-order valence-corrected chi connectivity index (χ0v) is 15.0. The van der Waals surface area contributed by atoms with Crippen LogP contribution in [0.25, 0.3) is 0 Å². The molecule has 1 atom stereocenters. The van der Waals surface area contributed by atoms with E-state index >= 15 is 0 Å². The SMILES string of the molecule is CCN(C)C=Nc1cc(F)c(C2=NOC(c3ccccc3F)C2)cc1C. The molecule has 0 aromatic heterocycles. The van der Waals surface area contributed by atoms with E-state index in [1.165, 1.54) is 12.1 Å². The van der Waals surface area contributed by atoms with Crippen LogP contribution in [0.1, 0.15) is 36.1 Å². The summed E-state index contributed by atoms with van der Waals surface area (Å²) >= 11 is 0. The highest BCUT2D eigenvalue weighted by Gasteiger charge is 2.27. The van der Waals surface area contributed by atoms with Gasteiger partial charge in [0.15, 0.2) is 6.10 Å². The number of hydrogen-bond donors (Lipinski definition) is 0. The number of aliphatic imine (C=N–C) groups is 1. The van der Waals surface area contributed by atoms with Crippen molar-refractivity contribution in [2.24, 2.45) is 10.1 Å². The van der Waals surface area contributed by atoms with Crippen LogP contribution in [0.3, 0.4) is 0 Å². The molecule has 1 aliphatic rings. The molecule has 1 heterocycles. The molecule has 0 radical (unpaired) electrons. The topological polar surface area (TPSA) is 37.2 Å². The summed E-state index contributed by atoms with van der Waals surface area (Å²) in [5.41, 5.74) is 2.66. The Morgan fingerprint density at radius 1 is 1.27 bits per heavy atom. The molecule has 0 aliphatic carbocycles. The molecule has 1 aliphatic heterocycles. The van der Waals surface area contributed by atoms with Gasteiger partial charge in [0.25, 0.3) is 0 Å². The van der Waals surface area contributed by atoms with Gasteiger partial charge in [-0.2, -0.15) is 0 Å². The van der Waals surface area contributed by atoms with Gasteiger partial charge in [0, 0.05) is 37.2 Å². The second-order valence-electron chi connectivity index (χ2n) is 6.29. The summed E-state index contributed by atoms with van der Waals surface area (Å²) in [5.74, 6) is -0.770. The largest absolute Gasteiger partial charge is 0.387 e. The molecule has 0 saturated heterocycles. The van der Waals surface area contributed by atoms with Crippen molar-refractivity contribution in [2.45, 2.75) is 26.4 Å². The monoisotopic (exact) mass is 357 g/mol. The quantitative estimate of drug-likeness (QED) is 0.572. The van der Waals surface area contributed by atoms with Crippen molar-refractivity contribution in [1.29, 1.82) is 0 Å². The maximum Gasteiger partial charge on any atom is 0.161 e. The van der Waals surface area contributed by atoms with Gasteiger partial charge in [0.1, 0.15) is 11.6 Å². The number of aryl methyl sites for hydroxylation is 1. The van der Waals surface area contributed by atoms with E-state index in [-0.39, 0.29) is 5.82 Å². The molecule has 26 heavy (non-hydrogen) atoms. The van der Waals surface area contributed by atoms with Crippen molar-refractivity contribution >= 4 is 17.7 Å². The van der Waals surface area contributed by atoms with Crippen LogP contribution in [0.5, 0.6) is 0 Å². The Labute approximate surface area is 151 Å². The molecule has 6 heteroatoms. The highest BCUT2D eigenvalue weighted by atomic mass is 19.1. The standard InChI is InChI=1S/C20H21F2N3O/c1-4-25(3)12-23-18-10-17(22)15(9-13(18)2)19-11-20(26-24-19)14-7-5-6-8-16(14)21/h5-10,12,20H,4,11H2,1-3H3. The van der Waals surface area contributed by atoms with Gasteiger partial charge in [-0.25, -0.2) is 13.8 Å². The van der Waals surface area contributed by atoms with E-state index < -0.39 is 11.9 Å². The minimum Gasteiger partial charge on any atom is -0.387 e. The van der Waals surface area contributed by atoms with Crippen molar-refractivity contribution < 1.29 is 13.6 Å². The zero-order chi connectivity index (χ0) is 18.7. The summed E-state index contributed by atoms with van der Waals surface area (Å²) in [5, 5.41) is 3.99. The fourth-order valence-electron chi connectivity index (χ4n) is 2.71. The zero-order valence-electron chi connectivity index (χ0n) is 15.0. The number of oxime groups is 1. The lowest BCUT2D eigenvalue weighted by molar-refractivity contribution is 0.0830. The first kappa shape index (κ1) is 18.0. The van der Waals surface area contributed by atoms with Crippen molar-refractivity contribution in [3.05, 3.63) is 64.7 Å². The van der Waals surface area contributed by atoms with E-state index in [1.54, 1.807) is 30.6 Å². The van der Waals surface area contributed by atoms with Gasteiger partial charge in [-0.3, -0.25) is 0 Å². The maximum atomic E-state index is 14.6. The van der Waals surface area contributed by atoms with Gasteiger partial charge in [0.2, 0.25) is 0 Å². The van der Waals surface area contributed by atoms with Crippen LogP contribution < -0.4 is 0 Å². The van der Waals surface area contributed by atoms with Gasteiger partial charge in [-0.05, 0) is 31.5 Å². The van der Waals surface area contributed by atoms with Crippen LogP contribution in [-0.4, -0.2) is 30.5 Å². The molecule has 4 nitrogen and oxygen atoms in total. The van der Waals surface area contributed by atoms with Crippen molar-refractivity contribution in [2.75, 3.05) is 13.6 Å². The Morgan fingerprint density at radius 2 is 2.04 bits per heavy atom. The fraction of sp³-hybridized carbons (Fsp3) is 0.300. The first-order valence-corrected chi connectivity index (χ1v) is 8.51. The highest BCUT2D eigenvalue weighted by Crippen LogP contribution is 2.33. The van der Waals surface area contributed by atoms with Gasteiger partial charge in [-0.15, -0.1) is 0 Å². The third-order valence-electron chi connectivity index (χ3n) is 4.41. The Balaban J connectivity index is 1.81. The molecule has 136 valence electrons. The molecule has 0 saturated carbocycles. The molecule has 1 unspecified atom stereocenters. The van der Waals surface area contributed by atoms with E-state index in [9.17, 15) is 8.78 Å². The fourth-order valence-corrected chi connectivity index (χ4v) is 2.71. The molecular weight excluding hydrogens is 336 g/mol. The lowest BCUT2D eigenvalue weighted by Gasteiger charge is -2.11. The van der Waals surface area contributed by atoms with Gasteiger partial charge >= 0.3 is 0 Å². The van der Waals surface area contributed by atoms with Crippen LogP contribution in [0, 0.1) is 18.6 Å². The summed E-state index contributed by atoms with van der Waals surface area (Å²) in [6, 6.07) is 9.49. The molecule has 2 aromatic rings. The smallest absolute Gasteiger partial charge is 0.161 e. The molecular formula is C20H21F2N3O. The van der Waals surface area contributed by atoms with E-state index in [1.807, 2.05) is 25.8 Å². The summed E-state index contributed by atoms with van der Waals surface area (Å²) < 4.78 is 28.5. The first-order chi connectivity index (χ1) is 12.5. The number of benzene rings is 2. The van der Waals surface area contributed by atoms with Crippen molar-refractivity contribution in [3.63, 3.8) is 0 Å². The van der Waals surface area contributed by atoms with E-state index in [4.69, 9.17) is 4.84 Å².